The Morgan fingerprint density at radius 3 is 1.56 bits per heavy atom. The third-order valence-corrected chi connectivity index (χ3v) is 15.1. The molecule has 4 rings (SSSR count). The van der Waals surface area contributed by atoms with Gasteiger partial charge in [0, 0.05) is 0 Å². The molecule has 0 aliphatic carbocycles. The average Bonchev–Trinajstić information content (AvgIpc) is 2.89. The van der Waals surface area contributed by atoms with Crippen LogP contribution in [0.25, 0.3) is 4.91 Å². The van der Waals surface area contributed by atoms with E-state index < -0.39 is 28.8 Å². The molecular formula is C27H21F3O3S2Se. The van der Waals surface area contributed by atoms with E-state index in [2.05, 4.69) is 0 Å². The van der Waals surface area contributed by atoms with Crippen LogP contribution in [0.3, 0.4) is 0 Å². The van der Waals surface area contributed by atoms with Gasteiger partial charge in [-0.05, 0) is 0 Å². The van der Waals surface area contributed by atoms with E-state index in [0.29, 0.717) is 13.8 Å². The Labute approximate surface area is 215 Å². The molecule has 9 heteroatoms. The van der Waals surface area contributed by atoms with Crippen LogP contribution in [0.4, 0.5) is 13.2 Å². The summed E-state index contributed by atoms with van der Waals surface area (Å²) in [5, 5.41) is 0. The minimum absolute atomic E-state index is 0.384. The van der Waals surface area contributed by atoms with Gasteiger partial charge in [-0.2, -0.15) is 0 Å². The van der Waals surface area contributed by atoms with E-state index in [1.54, 1.807) is 65.6 Å². The Morgan fingerprint density at radius 1 is 0.694 bits per heavy atom. The number of alkyl halides is 3. The number of hydrogen-bond donors (Lipinski definition) is 0. The van der Waals surface area contributed by atoms with Gasteiger partial charge >= 0.3 is 216 Å². The number of thioether (sulfide) groups is 1. The normalized spacial score (nSPS) is 13.4. The predicted molar refractivity (Wildman–Crippen MR) is 141 cm³/mol. The zero-order chi connectivity index (χ0) is 25.7. The third-order valence-electron chi connectivity index (χ3n) is 4.97. The van der Waals surface area contributed by atoms with Crippen molar-refractivity contribution in [1.82, 2.24) is 0 Å². The van der Waals surface area contributed by atoms with Crippen LogP contribution in [-0.4, -0.2) is 27.1 Å². The van der Waals surface area contributed by atoms with Crippen LogP contribution in [0.5, 0.6) is 0 Å². The van der Waals surface area contributed by atoms with E-state index in [4.69, 9.17) is 3.27 Å². The molecule has 186 valence electrons. The first-order valence-electron chi connectivity index (χ1n) is 10.7. The van der Waals surface area contributed by atoms with Crippen LogP contribution in [0.2, 0.25) is 0 Å². The molecule has 0 unspecified atom stereocenters. The van der Waals surface area contributed by atoms with Gasteiger partial charge in [-0.15, -0.1) is 0 Å². The zero-order valence-corrected chi connectivity index (χ0v) is 22.1. The fraction of sp³-hybridized carbons (Fsp3) is 0.0370. The van der Waals surface area contributed by atoms with Gasteiger partial charge in [0.2, 0.25) is 0 Å². The maximum atomic E-state index is 13.7. The zero-order valence-electron chi connectivity index (χ0n) is 18.7. The Balaban J connectivity index is 2.04. The minimum atomic E-state index is -5.94. The van der Waals surface area contributed by atoms with Crippen molar-refractivity contribution < 1.29 is 24.9 Å². The molecule has 0 spiro atoms. The molecule has 0 heterocycles. The Morgan fingerprint density at radius 2 is 1.11 bits per heavy atom. The molecule has 0 aliphatic heterocycles. The molecule has 3 nitrogen and oxygen atoms in total. The third kappa shape index (κ3) is 5.94. The Kier molecular flexibility index (Phi) is 8.07. The predicted octanol–water partition coefficient (Wildman–Crippen LogP) is 5.99. The first-order valence-corrected chi connectivity index (χ1v) is 16.3. The van der Waals surface area contributed by atoms with Gasteiger partial charge in [-0.1, -0.05) is 0 Å². The summed E-state index contributed by atoms with van der Waals surface area (Å²) in [5.41, 5.74) is -4.85. The van der Waals surface area contributed by atoms with Gasteiger partial charge in [-0.3, -0.25) is 0 Å². The molecule has 0 radical (unpaired) electrons. The van der Waals surface area contributed by atoms with Gasteiger partial charge in [0.15, 0.2) is 0 Å². The van der Waals surface area contributed by atoms with Crippen LogP contribution in [0, 0.1) is 0 Å². The van der Waals surface area contributed by atoms with E-state index >= 15 is 0 Å². The van der Waals surface area contributed by atoms with E-state index in [9.17, 15) is 21.6 Å². The molecule has 0 saturated carbocycles. The van der Waals surface area contributed by atoms with Crippen molar-refractivity contribution in [3.63, 3.8) is 0 Å². The summed E-state index contributed by atoms with van der Waals surface area (Å²) in [5.74, 6) is 0. The van der Waals surface area contributed by atoms with Gasteiger partial charge in [0.05, 0.1) is 0 Å². The molecule has 4 aromatic rings. The molecule has 0 aliphatic rings. The van der Waals surface area contributed by atoms with Gasteiger partial charge in [0.25, 0.3) is 0 Å². The summed E-state index contributed by atoms with van der Waals surface area (Å²) in [6.45, 7) is 0. The first-order chi connectivity index (χ1) is 17.2. The standard InChI is InChI=1S/C27H21F3O3S2Se/c28-27(29,30)35(31,32)33-36(24-17-9-3-10-18-24,25-19-11-4-12-20-25)21-26(22-13-5-1-6-14-22)34-23-15-7-2-8-16-23/h1-21H/b26-21-. The van der Waals surface area contributed by atoms with Crippen LogP contribution in [-0.2, 0) is 13.4 Å². The molecule has 0 amide bonds. The Bertz CT molecular complexity index is 1370. The fourth-order valence-electron chi connectivity index (χ4n) is 3.32. The van der Waals surface area contributed by atoms with Gasteiger partial charge in [-0.25, -0.2) is 0 Å². The summed E-state index contributed by atoms with van der Waals surface area (Å²) in [6.07, 6.45) is 0. The molecule has 0 atom stereocenters. The van der Waals surface area contributed by atoms with Crippen LogP contribution in [0.15, 0.2) is 131 Å². The van der Waals surface area contributed by atoms with Crippen molar-refractivity contribution in [2.45, 2.75) is 10.4 Å². The second kappa shape index (κ2) is 11.1. The summed E-state index contributed by atoms with van der Waals surface area (Å²) in [7, 11) is -5.94. The molecule has 0 N–H and O–H groups in total. The van der Waals surface area contributed by atoms with Crippen LogP contribution >= 0.6 is 11.8 Å². The van der Waals surface area contributed by atoms with Crippen LogP contribution < -0.4 is 8.92 Å². The quantitative estimate of drug-likeness (QED) is 0.143. The van der Waals surface area contributed by atoms with Crippen LogP contribution in [0.1, 0.15) is 5.56 Å². The van der Waals surface area contributed by atoms with Crippen molar-refractivity contribution in [1.29, 1.82) is 0 Å². The molecule has 0 saturated heterocycles. The summed E-state index contributed by atoms with van der Waals surface area (Å²) < 4.78 is 72.3. The number of benzene rings is 4. The maximum absolute atomic E-state index is 13.7. The summed E-state index contributed by atoms with van der Waals surface area (Å²) in [6, 6.07) is 35.0. The van der Waals surface area contributed by atoms with Crippen molar-refractivity contribution in [3.8, 4) is 0 Å². The van der Waals surface area contributed by atoms with E-state index in [1.807, 2.05) is 60.7 Å². The van der Waals surface area contributed by atoms with Crippen molar-refractivity contribution in [3.05, 3.63) is 132 Å². The summed E-state index contributed by atoms with van der Waals surface area (Å²) in [4.78, 5) is 3.04. The molecule has 0 aromatic heterocycles. The van der Waals surface area contributed by atoms with E-state index in [-0.39, 0.29) is 0 Å². The number of rotatable bonds is 8. The average molecular weight is 594 g/mol. The fourth-order valence-corrected chi connectivity index (χ4v) is 13.6. The molecule has 0 fully saturated rings. The SMILES string of the molecule is O=S(=O)(O[Se](/C=C(\Sc1ccccc1)c1ccccc1)(c1ccccc1)c1ccccc1)C(F)(F)F. The monoisotopic (exact) mass is 594 g/mol. The molecule has 36 heavy (non-hydrogen) atoms. The topological polar surface area (TPSA) is 43.4 Å². The van der Waals surface area contributed by atoms with E-state index in [1.165, 1.54) is 11.8 Å². The van der Waals surface area contributed by atoms with Crippen molar-refractivity contribution >= 4 is 48.9 Å². The van der Waals surface area contributed by atoms with E-state index in [0.717, 1.165) is 10.5 Å². The second-order valence-electron chi connectivity index (χ2n) is 7.46. The van der Waals surface area contributed by atoms with Gasteiger partial charge in [0.1, 0.15) is 0 Å². The Hall–Kier alpha value is -2.81. The van der Waals surface area contributed by atoms with Crippen molar-refractivity contribution in [2.75, 3.05) is 0 Å². The first kappa shape index (κ1) is 26.3. The molecular weight excluding hydrogens is 572 g/mol. The molecule has 0 bridgehead atoms. The number of halogens is 3. The summed E-state index contributed by atoms with van der Waals surface area (Å²) >= 11 is -3.11. The van der Waals surface area contributed by atoms with Crippen molar-refractivity contribution in [2.24, 2.45) is 0 Å². The van der Waals surface area contributed by atoms with Gasteiger partial charge < -0.3 is 0 Å². The second-order valence-corrected chi connectivity index (χ2v) is 15.9. The number of hydrogen-bond acceptors (Lipinski definition) is 4. The molecule has 4 aromatic carbocycles.